The summed E-state index contributed by atoms with van der Waals surface area (Å²) < 4.78 is 53.6. The van der Waals surface area contributed by atoms with Gasteiger partial charge >= 0.3 is 0 Å². The van der Waals surface area contributed by atoms with Crippen LogP contribution in [0.4, 0.5) is 14.5 Å². The summed E-state index contributed by atoms with van der Waals surface area (Å²) in [6.07, 6.45) is 0.625. The molecule has 1 saturated heterocycles. The van der Waals surface area contributed by atoms with E-state index in [0.29, 0.717) is 18.9 Å². The molecule has 1 aliphatic heterocycles. The predicted molar refractivity (Wildman–Crippen MR) is 102 cm³/mol. The Kier molecular flexibility index (Phi) is 5.81. The first kappa shape index (κ1) is 20.4. The van der Waals surface area contributed by atoms with E-state index in [9.17, 15) is 22.0 Å². The third-order valence-electron chi connectivity index (χ3n) is 4.99. The van der Waals surface area contributed by atoms with E-state index in [2.05, 4.69) is 5.32 Å². The van der Waals surface area contributed by atoms with Crippen molar-refractivity contribution in [1.29, 1.82) is 0 Å². The van der Waals surface area contributed by atoms with Crippen molar-refractivity contribution in [2.45, 2.75) is 31.6 Å². The molecule has 2 aromatic rings. The summed E-state index contributed by atoms with van der Waals surface area (Å²) in [7, 11) is -4.15. The highest BCUT2D eigenvalue weighted by Gasteiger charge is 2.33. The summed E-state index contributed by atoms with van der Waals surface area (Å²) in [6.45, 7) is 3.98. The number of anilines is 1. The molecule has 0 spiro atoms. The number of aryl methyl sites for hydroxylation is 2. The van der Waals surface area contributed by atoms with Crippen molar-refractivity contribution in [2.75, 3.05) is 18.4 Å². The maximum absolute atomic E-state index is 13.9. The van der Waals surface area contributed by atoms with Gasteiger partial charge in [-0.3, -0.25) is 4.79 Å². The number of rotatable bonds is 4. The minimum absolute atomic E-state index is 0.0726. The fourth-order valence-electron chi connectivity index (χ4n) is 3.28. The topological polar surface area (TPSA) is 66.5 Å². The minimum Gasteiger partial charge on any atom is -0.326 e. The SMILES string of the molecule is Cc1ccc(C)c(NC(=O)C2CCN(S(=O)(=O)c3cc(F)ccc3F)CC2)c1. The first-order valence-electron chi connectivity index (χ1n) is 9.02. The molecular formula is C20H22F2N2O3S. The molecule has 5 nitrogen and oxygen atoms in total. The quantitative estimate of drug-likeness (QED) is 0.840. The van der Waals surface area contributed by atoms with E-state index < -0.39 is 26.6 Å². The molecule has 0 atom stereocenters. The van der Waals surface area contributed by atoms with Gasteiger partial charge in [-0.15, -0.1) is 0 Å². The molecule has 0 unspecified atom stereocenters. The van der Waals surface area contributed by atoms with Gasteiger partial charge in [0.15, 0.2) is 0 Å². The Balaban J connectivity index is 1.67. The average Bonchev–Trinajstić information content (AvgIpc) is 2.66. The molecule has 1 N–H and O–H groups in total. The molecule has 28 heavy (non-hydrogen) atoms. The zero-order valence-corrected chi connectivity index (χ0v) is 16.5. The van der Waals surface area contributed by atoms with Gasteiger partial charge in [-0.1, -0.05) is 12.1 Å². The van der Waals surface area contributed by atoms with Crippen LogP contribution in [0.1, 0.15) is 24.0 Å². The molecule has 0 saturated carbocycles. The molecule has 1 amide bonds. The van der Waals surface area contributed by atoms with Gasteiger partial charge in [0, 0.05) is 24.7 Å². The zero-order chi connectivity index (χ0) is 20.5. The van der Waals surface area contributed by atoms with Gasteiger partial charge in [-0.2, -0.15) is 4.31 Å². The first-order valence-corrected chi connectivity index (χ1v) is 10.5. The molecule has 1 fully saturated rings. The number of hydrogen-bond donors (Lipinski definition) is 1. The number of sulfonamides is 1. The maximum Gasteiger partial charge on any atom is 0.246 e. The van der Waals surface area contributed by atoms with Crippen LogP contribution < -0.4 is 5.32 Å². The number of piperidine rings is 1. The number of carbonyl (C=O) groups is 1. The normalized spacial score (nSPS) is 16.1. The van der Waals surface area contributed by atoms with E-state index in [-0.39, 0.29) is 24.9 Å². The number of carbonyl (C=O) groups excluding carboxylic acids is 1. The number of benzene rings is 2. The summed E-state index contributed by atoms with van der Waals surface area (Å²) in [6, 6.07) is 8.13. The number of amides is 1. The lowest BCUT2D eigenvalue weighted by Gasteiger charge is -2.30. The van der Waals surface area contributed by atoms with Gasteiger partial charge in [0.25, 0.3) is 0 Å². The van der Waals surface area contributed by atoms with Crippen LogP contribution in [-0.4, -0.2) is 31.7 Å². The smallest absolute Gasteiger partial charge is 0.246 e. The predicted octanol–water partition coefficient (Wildman–Crippen LogP) is 3.62. The second kappa shape index (κ2) is 7.97. The van der Waals surface area contributed by atoms with Gasteiger partial charge in [-0.05, 0) is 62.1 Å². The van der Waals surface area contributed by atoms with E-state index in [1.54, 1.807) is 0 Å². The lowest BCUT2D eigenvalue weighted by Crippen LogP contribution is -2.41. The van der Waals surface area contributed by atoms with Crippen LogP contribution in [0, 0.1) is 31.4 Å². The average molecular weight is 408 g/mol. The van der Waals surface area contributed by atoms with Crippen LogP contribution in [0.5, 0.6) is 0 Å². The van der Waals surface area contributed by atoms with E-state index in [1.165, 1.54) is 0 Å². The van der Waals surface area contributed by atoms with E-state index in [1.807, 2.05) is 32.0 Å². The Morgan fingerprint density at radius 3 is 2.43 bits per heavy atom. The Bertz CT molecular complexity index is 1000. The third-order valence-corrected chi connectivity index (χ3v) is 6.90. The van der Waals surface area contributed by atoms with Crippen molar-refractivity contribution in [1.82, 2.24) is 4.31 Å². The van der Waals surface area contributed by atoms with Gasteiger partial charge in [0.1, 0.15) is 16.5 Å². The fourth-order valence-corrected chi connectivity index (χ4v) is 4.82. The second-order valence-electron chi connectivity index (χ2n) is 7.06. The van der Waals surface area contributed by atoms with Crippen molar-refractivity contribution >= 4 is 21.6 Å². The molecule has 0 aliphatic carbocycles. The van der Waals surface area contributed by atoms with Crippen LogP contribution >= 0.6 is 0 Å². The Morgan fingerprint density at radius 2 is 1.75 bits per heavy atom. The lowest BCUT2D eigenvalue weighted by atomic mass is 9.97. The molecule has 8 heteroatoms. The summed E-state index contributed by atoms with van der Waals surface area (Å²) in [4.78, 5) is 11.9. The molecule has 0 bridgehead atoms. The summed E-state index contributed by atoms with van der Waals surface area (Å²) in [5, 5.41) is 2.91. The van der Waals surface area contributed by atoms with Crippen molar-refractivity contribution in [3.05, 3.63) is 59.2 Å². The largest absolute Gasteiger partial charge is 0.326 e. The summed E-state index contributed by atoms with van der Waals surface area (Å²) in [5.74, 6) is -2.31. The molecule has 1 aliphatic rings. The second-order valence-corrected chi connectivity index (χ2v) is 8.97. The van der Waals surface area contributed by atoms with Crippen LogP contribution in [0.2, 0.25) is 0 Å². The summed E-state index contributed by atoms with van der Waals surface area (Å²) >= 11 is 0. The first-order chi connectivity index (χ1) is 13.2. The van der Waals surface area contributed by atoms with Gasteiger partial charge in [-0.25, -0.2) is 17.2 Å². The van der Waals surface area contributed by atoms with Crippen molar-refractivity contribution in [3.8, 4) is 0 Å². The van der Waals surface area contributed by atoms with Crippen LogP contribution in [0.15, 0.2) is 41.3 Å². The Morgan fingerprint density at radius 1 is 1.07 bits per heavy atom. The number of hydrogen-bond acceptors (Lipinski definition) is 3. The molecule has 0 aromatic heterocycles. The maximum atomic E-state index is 13.9. The van der Waals surface area contributed by atoms with Crippen molar-refractivity contribution < 1.29 is 22.0 Å². The van der Waals surface area contributed by atoms with Gasteiger partial charge in [0.2, 0.25) is 15.9 Å². The Hall–Kier alpha value is -2.32. The highest BCUT2D eigenvalue weighted by Crippen LogP contribution is 2.27. The Labute approximate surface area is 163 Å². The molecule has 1 heterocycles. The van der Waals surface area contributed by atoms with Gasteiger partial charge < -0.3 is 5.32 Å². The minimum atomic E-state index is -4.15. The molecule has 2 aromatic carbocycles. The molecule has 150 valence electrons. The van der Waals surface area contributed by atoms with Crippen molar-refractivity contribution in [3.63, 3.8) is 0 Å². The van der Waals surface area contributed by atoms with E-state index >= 15 is 0 Å². The lowest BCUT2D eigenvalue weighted by molar-refractivity contribution is -0.120. The standard InChI is InChI=1S/C20H22F2N2O3S/c1-13-3-4-14(2)18(11-13)23-20(25)15-7-9-24(10-8-15)28(26,27)19-12-16(21)5-6-17(19)22/h3-6,11-12,15H,7-10H2,1-2H3,(H,23,25). The van der Waals surface area contributed by atoms with Crippen LogP contribution in [0.3, 0.4) is 0 Å². The third kappa shape index (κ3) is 4.23. The molecule has 0 radical (unpaired) electrons. The number of nitrogens with one attached hydrogen (secondary N) is 1. The fraction of sp³-hybridized carbons (Fsp3) is 0.350. The highest BCUT2D eigenvalue weighted by molar-refractivity contribution is 7.89. The van der Waals surface area contributed by atoms with Gasteiger partial charge in [0.05, 0.1) is 0 Å². The van der Waals surface area contributed by atoms with E-state index in [4.69, 9.17) is 0 Å². The molecule has 3 rings (SSSR count). The highest BCUT2D eigenvalue weighted by atomic mass is 32.2. The van der Waals surface area contributed by atoms with E-state index in [0.717, 1.165) is 33.3 Å². The van der Waals surface area contributed by atoms with Crippen LogP contribution in [-0.2, 0) is 14.8 Å². The number of nitrogens with zero attached hydrogens (tertiary/aromatic N) is 1. The number of halogens is 2. The van der Waals surface area contributed by atoms with Crippen molar-refractivity contribution in [2.24, 2.45) is 5.92 Å². The van der Waals surface area contributed by atoms with Crippen LogP contribution in [0.25, 0.3) is 0 Å². The monoisotopic (exact) mass is 408 g/mol. The summed E-state index contributed by atoms with van der Waals surface area (Å²) in [5.41, 5.74) is 2.71. The zero-order valence-electron chi connectivity index (χ0n) is 15.7. The molecular weight excluding hydrogens is 386 g/mol.